The van der Waals surface area contributed by atoms with Crippen LogP contribution < -0.4 is 21.6 Å². The predicted molar refractivity (Wildman–Crippen MR) is 151 cm³/mol. The van der Waals surface area contributed by atoms with Crippen molar-refractivity contribution in [3.05, 3.63) is 64.5 Å². The van der Waals surface area contributed by atoms with Crippen LogP contribution in [0.4, 0.5) is 5.82 Å². The molecule has 2 heterocycles. The fraction of sp³-hybridized carbons (Fsp3) is 0.360. The lowest BCUT2D eigenvalue weighted by atomic mass is 10.2. The second-order valence-corrected chi connectivity index (χ2v) is 10.3. The van der Waals surface area contributed by atoms with Crippen LogP contribution in [0.1, 0.15) is 30.8 Å². The van der Waals surface area contributed by atoms with Crippen molar-refractivity contribution in [3.8, 4) is 0 Å². The third kappa shape index (κ3) is 9.18. The molecule has 39 heavy (non-hydrogen) atoms. The van der Waals surface area contributed by atoms with Gasteiger partial charge < -0.3 is 15.2 Å². The molecule has 1 aromatic carbocycles. The molecule has 3 rings (SSSR count). The van der Waals surface area contributed by atoms with Gasteiger partial charge in [-0.1, -0.05) is 54.2 Å². The molecule has 0 aliphatic rings. The Labute approximate surface area is 233 Å². The highest BCUT2D eigenvalue weighted by molar-refractivity contribution is 7.99. The van der Waals surface area contributed by atoms with E-state index in [9.17, 15) is 14.4 Å². The number of nitrogens with one attached hydrogen (secondary N) is 3. The van der Waals surface area contributed by atoms with Crippen molar-refractivity contribution in [2.24, 2.45) is 0 Å². The van der Waals surface area contributed by atoms with Crippen molar-refractivity contribution in [2.45, 2.75) is 37.3 Å². The SMILES string of the molecule is CCC(C(=O)NCC(=O)CSCc1ccccc1)n1ccnc(NCC(=N)C(=[NH2+])CSc2nc(C)no2)c1=O. The minimum atomic E-state index is -0.823. The Morgan fingerprint density at radius 3 is 2.67 bits per heavy atom. The van der Waals surface area contributed by atoms with Crippen molar-refractivity contribution >= 4 is 52.5 Å². The number of hydrogen-bond donors (Lipinski definition) is 4. The smallest absolute Gasteiger partial charge is 0.294 e. The van der Waals surface area contributed by atoms with Gasteiger partial charge in [-0.25, -0.2) is 4.98 Å². The molecule has 12 nitrogen and oxygen atoms in total. The first-order valence-electron chi connectivity index (χ1n) is 12.1. The van der Waals surface area contributed by atoms with Crippen molar-refractivity contribution < 1.29 is 19.5 Å². The van der Waals surface area contributed by atoms with Gasteiger partial charge in [-0.2, -0.15) is 4.98 Å². The van der Waals surface area contributed by atoms with E-state index in [1.54, 1.807) is 13.8 Å². The van der Waals surface area contributed by atoms with Gasteiger partial charge in [0.25, 0.3) is 10.8 Å². The van der Waals surface area contributed by atoms with Gasteiger partial charge in [-0.05, 0) is 18.9 Å². The maximum absolute atomic E-state index is 13.0. The summed E-state index contributed by atoms with van der Waals surface area (Å²) in [6.45, 7) is 3.32. The Morgan fingerprint density at radius 2 is 1.97 bits per heavy atom. The Morgan fingerprint density at radius 1 is 1.21 bits per heavy atom. The van der Waals surface area contributed by atoms with E-state index in [2.05, 4.69) is 25.8 Å². The molecular formula is C25H31N8O4S2+. The number of hydrogen-bond acceptors (Lipinski definition) is 11. The lowest BCUT2D eigenvalue weighted by molar-refractivity contribution is -0.127. The van der Waals surface area contributed by atoms with Crippen LogP contribution in [0.3, 0.4) is 0 Å². The number of Topliss-reactive ketones (excluding diaryl/α,β-unsaturated/α-hetero) is 1. The average molecular weight is 572 g/mol. The number of amides is 1. The monoisotopic (exact) mass is 571 g/mol. The number of rotatable bonds is 16. The molecule has 206 valence electrons. The highest BCUT2D eigenvalue weighted by Crippen LogP contribution is 2.15. The van der Waals surface area contributed by atoms with Gasteiger partial charge in [-0.3, -0.25) is 29.8 Å². The normalized spacial score (nSPS) is 11.5. The van der Waals surface area contributed by atoms with E-state index in [-0.39, 0.29) is 47.6 Å². The molecular weight excluding hydrogens is 540 g/mol. The number of nitrogens with zero attached hydrogens (tertiary/aromatic N) is 4. The van der Waals surface area contributed by atoms with E-state index >= 15 is 0 Å². The largest absolute Gasteiger partial charge is 0.360 e. The van der Waals surface area contributed by atoms with Crippen molar-refractivity contribution in [1.29, 1.82) is 5.41 Å². The summed E-state index contributed by atoms with van der Waals surface area (Å²) in [7, 11) is 0. The van der Waals surface area contributed by atoms with Gasteiger partial charge in [0.15, 0.2) is 17.4 Å². The van der Waals surface area contributed by atoms with Crippen LogP contribution in [-0.4, -0.2) is 67.4 Å². The number of benzene rings is 1. The molecule has 5 N–H and O–H groups in total. The van der Waals surface area contributed by atoms with Crippen LogP contribution in [0, 0.1) is 12.3 Å². The summed E-state index contributed by atoms with van der Waals surface area (Å²) in [6, 6.07) is 9.00. The van der Waals surface area contributed by atoms with Crippen molar-refractivity contribution in [3.63, 3.8) is 0 Å². The van der Waals surface area contributed by atoms with Crippen LogP contribution in [0.25, 0.3) is 0 Å². The topological polar surface area (TPSA) is 181 Å². The van der Waals surface area contributed by atoms with Crippen molar-refractivity contribution in [1.82, 2.24) is 25.0 Å². The van der Waals surface area contributed by atoms with Gasteiger partial charge >= 0.3 is 0 Å². The standard InChI is InChI=1S/C25H30N8O4S2/c1-3-21(23(35)30-11-18(34)14-38-13-17-7-5-4-6-8-17)33-10-9-28-22(24(33)36)29-12-19(26)20(27)15-39-25-31-16(2)32-37-25/h4-10,21,26-27H,3,11-15H2,1-2H3,(H,28,29)(H,30,35)/p+1. The second kappa shape index (κ2) is 15.0. The van der Waals surface area contributed by atoms with Crippen LogP contribution >= 0.6 is 23.5 Å². The van der Waals surface area contributed by atoms with Gasteiger partial charge in [0.2, 0.25) is 11.6 Å². The van der Waals surface area contributed by atoms with E-state index in [0.717, 1.165) is 5.56 Å². The first-order valence-corrected chi connectivity index (χ1v) is 14.3. The quantitative estimate of drug-likeness (QED) is 0.143. The van der Waals surface area contributed by atoms with E-state index in [0.29, 0.717) is 23.2 Å². The molecule has 1 amide bonds. The van der Waals surface area contributed by atoms with Gasteiger partial charge in [0.1, 0.15) is 11.8 Å². The summed E-state index contributed by atoms with van der Waals surface area (Å²) in [5.41, 5.74) is 0.951. The summed E-state index contributed by atoms with van der Waals surface area (Å²) < 4.78 is 6.28. The van der Waals surface area contributed by atoms with Crippen LogP contribution in [-0.2, 0) is 15.3 Å². The number of aromatic nitrogens is 4. The van der Waals surface area contributed by atoms with E-state index in [4.69, 9.17) is 15.3 Å². The second-order valence-electron chi connectivity index (χ2n) is 8.40. The number of nitrogens with two attached hydrogens (primary N) is 1. The molecule has 2 aromatic heterocycles. The highest BCUT2D eigenvalue weighted by atomic mass is 32.2. The summed E-state index contributed by atoms with van der Waals surface area (Å²) in [6.07, 6.45) is 3.15. The first-order chi connectivity index (χ1) is 18.8. The molecule has 0 spiro atoms. The lowest BCUT2D eigenvalue weighted by Crippen LogP contribution is -2.48. The zero-order chi connectivity index (χ0) is 28.2. The summed E-state index contributed by atoms with van der Waals surface area (Å²) >= 11 is 2.68. The minimum absolute atomic E-state index is 0.0186. The van der Waals surface area contributed by atoms with Crippen molar-refractivity contribution in [2.75, 3.05) is 29.9 Å². The van der Waals surface area contributed by atoms with Crippen LogP contribution in [0.15, 0.2) is 57.3 Å². The van der Waals surface area contributed by atoms with E-state index in [1.165, 1.54) is 40.5 Å². The molecule has 0 fully saturated rings. The fourth-order valence-electron chi connectivity index (χ4n) is 3.36. The third-order valence-corrected chi connectivity index (χ3v) is 7.34. The Bertz CT molecular complexity index is 1360. The lowest BCUT2D eigenvalue weighted by Gasteiger charge is -2.18. The molecule has 0 saturated heterocycles. The number of anilines is 1. The van der Waals surface area contributed by atoms with Gasteiger partial charge in [0.05, 0.1) is 24.6 Å². The zero-order valence-electron chi connectivity index (χ0n) is 21.7. The summed E-state index contributed by atoms with van der Waals surface area (Å²) in [5.74, 6) is 1.18. The Kier molecular flexibility index (Phi) is 11.4. The number of ketones is 1. The molecule has 0 bridgehead atoms. The molecule has 0 aliphatic carbocycles. The number of carbonyl (C=O) groups is 2. The van der Waals surface area contributed by atoms with E-state index < -0.39 is 17.5 Å². The highest BCUT2D eigenvalue weighted by Gasteiger charge is 2.22. The number of aryl methyl sites for hydroxylation is 1. The molecule has 1 atom stereocenters. The van der Waals surface area contributed by atoms with E-state index in [1.807, 2.05) is 30.3 Å². The Balaban J connectivity index is 1.49. The summed E-state index contributed by atoms with van der Waals surface area (Å²) in [5, 5.41) is 23.7. The third-order valence-electron chi connectivity index (χ3n) is 5.41. The van der Waals surface area contributed by atoms with Gasteiger partial charge in [-0.15, -0.1) is 11.8 Å². The summed E-state index contributed by atoms with van der Waals surface area (Å²) in [4.78, 5) is 46.3. The average Bonchev–Trinajstić information content (AvgIpc) is 3.36. The van der Waals surface area contributed by atoms with Gasteiger partial charge in [0, 0.05) is 18.1 Å². The molecule has 3 aromatic rings. The molecule has 0 saturated carbocycles. The fourth-order valence-corrected chi connectivity index (χ4v) is 4.96. The molecule has 14 heteroatoms. The predicted octanol–water partition coefficient (Wildman–Crippen LogP) is 0.929. The number of thioether (sulfide) groups is 2. The molecule has 1 unspecified atom stereocenters. The minimum Gasteiger partial charge on any atom is -0.360 e. The van der Waals surface area contributed by atoms with Crippen LogP contribution in [0.5, 0.6) is 0 Å². The molecule has 0 aliphatic heterocycles. The maximum Gasteiger partial charge on any atom is 0.294 e. The zero-order valence-corrected chi connectivity index (χ0v) is 23.3. The Hall–Kier alpha value is -3.78. The van der Waals surface area contributed by atoms with Crippen LogP contribution in [0.2, 0.25) is 0 Å². The number of carbonyl (C=O) groups excluding carboxylic acids is 2. The first kappa shape index (κ1) is 29.8. The molecule has 0 radical (unpaired) electrons. The maximum atomic E-state index is 13.0.